The molecule has 9 nitrogen and oxygen atoms in total. The number of nitrogens with zero attached hydrogens (tertiary/aromatic N) is 3. The summed E-state index contributed by atoms with van der Waals surface area (Å²) >= 11 is 0. The monoisotopic (exact) mass is 493 g/mol. The summed E-state index contributed by atoms with van der Waals surface area (Å²) in [6.45, 7) is 3.20. The normalized spacial score (nSPS) is 12.8. The molecule has 36 heavy (non-hydrogen) atoms. The summed E-state index contributed by atoms with van der Waals surface area (Å²) in [4.78, 5) is 41.0. The van der Waals surface area contributed by atoms with E-state index in [0.717, 1.165) is 32.4 Å². The zero-order valence-electron chi connectivity index (χ0n) is 20.5. The molecule has 1 fully saturated rings. The Hall–Kier alpha value is -4.06. The number of ether oxygens (including phenoxy) is 3. The van der Waals surface area contributed by atoms with E-state index in [-0.39, 0.29) is 31.0 Å². The largest absolute Gasteiger partial charge is 0.490 e. The molecule has 2 aromatic carbocycles. The van der Waals surface area contributed by atoms with Gasteiger partial charge in [-0.25, -0.2) is 4.79 Å². The van der Waals surface area contributed by atoms with Gasteiger partial charge in [0, 0.05) is 25.3 Å². The minimum absolute atomic E-state index is 0.0847. The Morgan fingerprint density at radius 2 is 1.72 bits per heavy atom. The molecule has 0 aromatic heterocycles. The summed E-state index contributed by atoms with van der Waals surface area (Å²) < 4.78 is 16.6. The van der Waals surface area contributed by atoms with E-state index >= 15 is 0 Å². The van der Waals surface area contributed by atoms with E-state index in [1.807, 2.05) is 12.1 Å². The number of carbonyl (C=O) groups excluding carboxylic acids is 3. The number of anilines is 1. The third-order valence-corrected chi connectivity index (χ3v) is 5.68. The first-order valence-corrected chi connectivity index (χ1v) is 12.1. The molecule has 1 aliphatic rings. The van der Waals surface area contributed by atoms with Gasteiger partial charge in [0.05, 0.1) is 24.7 Å². The molecule has 1 aliphatic heterocycles. The second-order valence-electron chi connectivity index (χ2n) is 8.19. The number of rotatable bonds is 11. The third-order valence-electron chi connectivity index (χ3n) is 5.68. The first-order chi connectivity index (χ1) is 17.5. The smallest absolute Gasteiger partial charge is 0.338 e. The second kappa shape index (κ2) is 13.7. The van der Waals surface area contributed by atoms with Crippen LogP contribution in [0.4, 0.5) is 5.69 Å². The zero-order valence-corrected chi connectivity index (χ0v) is 20.5. The van der Waals surface area contributed by atoms with E-state index in [1.54, 1.807) is 42.2 Å². The molecular formula is C27H31N3O6. The van der Waals surface area contributed by atoms with Crippen LogP contribution in [0.5, 0.6) is 11.5 Å². The molecule has 0 bridgehead atoms. The molecular weight excluding hydrogens is 462 g/mol. The molecule has 1 saturated heterocycles. The summed E-state index contributed by atoms with van der Waals surface area (Å²) in [6, 6.07) is 15.4. The van der Waals surface area contributed by atoms with Crippen LogP contribution < -0.4 is 14.4 Å². The molecule has 2 amide bonds. The number of piperidine rings is 1. The van der Waals surface area contributed by atoms with Crippen molar-refractivity contribution < 1.29 is 28.6 Å². The fraction of sp³-hybridized carbons (Fsp3) is 0.407. The summed E-state index contributed by atoms with van der Waals surface area (Å²) in [6.07, 6.45) is 3.27. The van der Waals surface area contributed by atoms with Crippen molar-refractivity contribution in [1.29, 1.82) is 5.26 Å². The maximum absolute atomic E-state index is 12.7. The molecule has 3 rings (SSSR count). The van der Waals surface area contributed by atoms with E-state index < -0.39 is 18.5 Å². The Morgan fingerprint density at radius 3 is 2.42 bits per heavy atom. The maximum Gasteiger partial charge on any atom is 0.338 e. The van der Waals surface area contributed by atoms with Crippen molar-refractivity contribution >= 4 is 23.5 Å². The fourth-order valence-electron chi connectivity index (χ4n) is 3.85. The van der Waals surface area contributed by atoms with E-state index in [4.69, 9.17) is 19.5 Å². The minimum atomic E-state index is -0.700. The minimum Gasteiger partial charge on any atom is -0.490 e. The lowest BCUT2D eigenvalue weighted by molar-refractivity contribution is -0.134. The van der Waals surface area contributed by atoms with Gasteiger partial charge in [0.2, 0.25) is 0 Å². The van der Waals surface area contributed by atoms with E-state index in [0.29, 0.717) is 23.8 Å². The maximum atomic E-state index is 12.7. The van der Waals surface area contributed by atoms with E-state index in [9.17, 15) is 14.4 Å². The van der Waals surface area contributed by atoms with Crippen LogP contribution in [0.25, 0.3) is 0 Å². The second-order valence-corrected chi connectivity index (χ2v) is 8.19. The van der Waals surface area contributed by atoms with Gasteiger partial charge in [0.1, 0.15) is 0 Å². The van der Waals surface area contributed by atoms with Crippen molar-refractivity contribution in [3.8, 4) is 17.6 Å². The topological polar surface area (TPSA) is 109 Å². The van der Waals surface area contributed by atoms with Crippen LogP contribution in [0.15, 0.2) is 48.5 Å². The van der Waals surface area contributed by atoms with Crippen molar-refractivity contribution in [3.63, 3.8) is 0 Å². The van der Waals surface area contributed by atoms with Crippen LogP contribution in [0.3, 0.4) is 0 Å². The molecule has 2 aromatic rings. The highest BCUT2D eigenvalue weighted by molar-refractivity contribution is 5.97. The molecule has 0 N–H and O–H groups in total. The summed E-state index contributed by atoms with van der Waals surface area (Å²) in [7, 11) is 0. The zero-order chi connectivity index (χ0) is 25.8. The molecule has 0 atom stereocenters. The average Bonchev–Trinajstić information content (AvgIpc) is 2.92. The predicted molar refractivity (Wildman–Crippen MR) is 133 cm³/mol. The van der Waals surface area contributed by atoms with E-state index in [1.165, 1.54) is 17.0 Å². The number of carbonyl (C=O) groups is 3. The van der Waals surface area contributed by atoms with Crippen molar-refractivity contribution in [2.45, 2.75) is 32.6 Å². The van der Waals surface area contributed by atoms with Crippen LogP contribution in [-0.2, 0) is 14.3 Å². The Balaban J connectivity index is 1.61. The van der Waals surface area contributed by atoms with Gasteiger partial charge in [-0.1, -0.05) is 18.2 Å². The van der Waals surface area contributed by atoms with Gasteiger partial charge < -0.3 is 24.0 Å². The highest BCUT2D eigenvalue weighted by Gasteiger charge is 2.21. The van der Waals surface area contributed by atoms with E-state index in [2.05, 4.69) is 0 Å². The van der Waals surface area contributed by atoms with Gasteiger partial charge in [-0.05, 0) is 56.5 Å². The van der Waals surface area contributed by atoms with Crippen LogP contribution >= 0.6 is 0 Å². The van der Waals surface area contributed by atoms with Crippen LogP contribution in [0.2, 0.25) is 0 Å². The Bertz CT molecular complexity index is 1080. The Morgan fingerprint density at radius 1 is 0.972 bits per heavy atom. The third kappa shape index (κ3) is 7.47. The Kier molecular flexibility index (Phi) is 10.1. The number of hydrogen-bond acceptors (Lipinski definition) is 7. The summed E-state index contributed by atoms with van der Waals surface area (Å²) in [5, 5.41) is 8.92. The average molecular weight is 494 g/mol. The molecule has 0 unspecified atom stereocenters. The van der Waals surface area contributed by atoms with Gasteiger partial charge >= 0.3 is 5.97 Å². The number of benzene rings is 2. The van der Waals surface area contributed by atoms with Crippen LogP contribution in [0.1, 0.15) is 43.0 Å². The van der Waals surface area contributed by atoms with Crippen molar-refractivity contribution in [2.75, 3.05) is 44.4 Å². The lowest BCUT2D eigenvalue weighted by Crippen LogP contribution is -2.38. The lowest BCUT2D eigenvalue weighted by Gasteiger charge is -2.26. The first kappa shape index (κ1) is 26.5. The fourth-order valence-corrected chi connectivity index (χ4v) is 3.85. The van der Waals surface area contributed by atoms with Crippen LogP contribution in [-0.4, -0.2) is 62.1 Å². The highest BCUT2D eigenvalue weighted by atomic mass is 16.5. The summed E-state index contributed by atoms with van der Waals surface area (Å²) in [5.74, 6) is -0.565. The lowest BCUT2D eigenvalue weighted by atomic mass is 10.1. The van der Waals surface area contributed by atoms with Crippen molar-refractivity contribution in [2.24, 2.45) is 0 Å². The molecule has 1 heterocycles. The van der Waals surface area contributed by atoms with Crippen molar-refractivity contribution in [1.82, 2.24) is 4.90 Å². The first-order valence-electron chi connectivity index (χ1n) is 12.1. The molecule has 0 aliphatic carbocycles. The molecule has 0 radical (unpaired) electrons. The van der Waals surface area contributed by atoms with Gasteiger partial charge in [0.15, 0.2) is 24.7 Å². The SMILES string of the molecule is CCOc1cc(C(=O)OCC(=O)N(CCC#N)c2ccccc2)ccc1OCC(=O)N1CCCCC1. The van der Waals surface area contributed by atoms with Crippen molar-refractivity contribution in [3.05, 3.63) is 54.1 Å². The van der Waals surface area contributed by atoms with Gasteiger partial charge in [-0.2, -0.15) is 5.26 Å². The quantitative estimate of drug-likeness (QED) is 0.440. The predicted octanol–water partition coefficient (Wildman–Crippen LogP) is 3.58. The highest BCUT2D eigenvalue weighted by Crippen LogP contribution is 2.29. The molecule has 9 heteroatoms. The summed E-state index contributed by atoms with van der Waals surface area (Å²) in [5.41, 5.74) is 0.803. The van der Waals surface area contributed by atoms with Crippen LogP contribution in [0, 0.1) is 11.3 Å². The molecule has 190 valence electrons. The number of nitriles is 1. The van der Waals surface area contributed by atoms with Gasteiger partial charge in [0.25, 0.3) is 11.8 Å². The Labute approximate surface area is 211 Å². The number of hydrogen-bond donors (Lipinski definition) is 0. The molecule has 0 spiro atoms. The number of likely N-dealkylation sites (tertiary alicyclic amines) is 1. The number of amides is 2. The molecule has 0 saturated carbocycles. The number of esters is 1. The van der Waals surface area contributed by atoms with Gasteiger partial charge in [-0.3, -0.25) is 9.59 Å². The van der Waals surface area contributed by atoms with Gasteiger partial charge in [-0.15, -0.1) is 0 Å². The standard InChI is InChI=1S/C27H31N3O6/c1-2-34-24-18-21(12-13-23(24)35-19-25(31)29-15-7-4-8-16-29)27(33)36-20-26(32)30(17-9-14-28)22-10-5-3-6-11-22/h3,5-6,10-13,18H,2,4,7-9,15-17,19-20H2,1H3. The number of para-hydroxylation sites is 1.